The van der Waals surface area contributed by atoms with Gasteiger partial charge >= 0.3 is 0 Å². The molecular weight excluding hydrogens is 392 g/mol. The van der Waals surface area contributed by atoms with E-state index in [4.69, 9.17) is 23.8 Å². The molecule has 2 aromatic carbocycles. The zero-order valence-electron chi connectivity index (χ0n) is 16.2. The first-order chi connectivity index (χ1) is 13.3. The van der Waals surface area contributed by atoms with Gasteiger partial charge in [-0.05, 0) is 38.0 Å². The fourth-order valence-electron chi connectivity index (χ4n) is 3.29. The van der Waals surface area contributed by atoms with Crippen molar-refractivity contribution >= 4 is 45.6 Å². The van der Waals surface area contributed by atoms with E-state index in [1.54, 1.807) is 12.1 Å². The molecule has 0 aliphatic heterocycles. The Morgan fingerprint density at radius 2 is 1.89 bits per heavy atom. The Kier molecular flexibility index (Phi) is 6.06. The number of thiocarbonyl (C=S) groups is 1. The molecule has 2 N–H and O–H groups in total. The van der Waals surface area contributed by atoms with E-state index < -0.39 is 0 Å². The number of hydrogen-bond acceptors (Lipinski definition) is 3. The highest BCUT2D eigenvalue weighted by Gasteiger charge is 2.21. The minimum Gasteiger partial charge on any atom is -0.506 e. The highest BCUT2D eigenvalue weighted by atomic mass is 35.5. The summed E-state index contributed by atoms with van der Waals surface area (Å²) in [5.74, 6) is -0.0671. The Labute approximate surface area is 175 Å². The number of nitrogens with zero attached hydrogens (tertiary/aromatic N) is 1. The molecule has 0 spiro atoms. The Morgan fingerprint density at radius 1 is 1.21 bits per heavy atom. The van der Waals surface area contributed by atoms with Crippen molar-refractivity contribution in [2.75, 3.05) is 6.54 Å². The number of carbonyl (C=O) groups is 1. The summed E-state index contributed by atoms with van der Waals surface area (Å²) in [6.45, 7) is 6.61. The van der Waals surface area contributed by atoms with Gasteiger partial charge in [0.25, 0.3) is 0 Å². The molecule has 0 unspecified atom stereocenters. The summed E-state index contributed by atoms with van der Waals surface area (Å²) in [5.41, 5.74) is 4.55. The average molecular weight is 415 g/mol. The Hall–Kier alpha value is -2.37. The zero-order chi connectivity index (χ0) is 20.4. The van der Waals surface area contributed by atoms with Crippen LogP contribution in [0.5, 0.6) is 5.75 Å². The van der Waals surface area contributed by atoms with Crippen molar-refractivity contribution < 1.29 is 9.90 Å². The maximum Gasteiger partial charge on any atom is 0.224 e. The molecule has 0 fully saturated rings. The SMILES string of the molecule is CCCNC(=O)Cc1c(C)n(C(=S)c2ccc(C)cc2)c2cc(Cl)c(O)cc12. The quantitative estimate of drug-likeness (QED) is 0.583. The first kappa shape index (κ1) is 20.4. The predicted octanol–water partition coefficient (Wildman–Crippen LogP) is 4.91. The van der Waals surface area contributed by atoms with Crippen LogP contribution >= 0.6 is 23.8 Å². The maximum atomic E-state index is 12.4. The van der Waals surface area contributed by atoms with Crippen LogP contribution in [0.3, 0.4) is 0 Å². The van der Waals surface area contributed by atoms with Gasteiger partial charge in [-0.3, -0.25) is 4.79 Å². The largest absolute Gasteiger partial charge is 0.506 e. The predicted molar refractivity (Wildman–Crippen MR) is 119 cm³/mol. The average Bonchev–Trinajstić information content (AvgIpc) is 2.91. The molecule has 0 saturated heterocycles. The fraction of sp³-hybridized carbons (Fsp3) is 0.273. The lowest BCUT2D eigenvalue weighted by atomic mass is 10.1. The van der Waals surface area contributed by atoms with Crippen molar-refractivity contribution in [3.63, 3.8) is 0 Å². The molecular formula is C22H23ClN2O2S. The molecule has 0 bridgehead atoms. The lowest BCUT2D eigenvalue weighted by molar-refractivity contribution is -0.120. The van der Waals surface area contributed by atoms with Crippen LogP contribution < -0.4 is 5.32 Å². The van der Waals surface area contributed by atoms with E-state index in [2.05, 4.69) is 5.32 Å². The highest BCUT2D eigenvalue weighted by Crippen LogP contribution is 2.35. The molecule has 0 radical (unpaired) electrons. The zero-order valence-corrected chi connectivity index (χ0v) is 17.7. The summed E-state index contributed by atoms with van der Waals surface area (Å²) in [6, 6.07) is 11.3. The summed E-state index contributed by atoms with van der Waals surface area (Å²) in [7, 11) is 0. The number of carbonyl (C=O) groups excluding carboxylic acids is 1. The molecule has 0 saturated carbocycles. The van der Waals surface area contributed by atoms with Gasteiger partial charge in [-0.15, -0.1) is 0 Å². The number of hydrogen-bond donors (Lipinski definition) is 2. The molecule has 1 heterocycles. The van der Waals surface area contributed by atoms with Crippen LogP contribution in [0.2, 0.25) is 5.02 Å². The second-order valence-corrected chi connectivity index (χ2v) is 7.71. The van der Waals surface area contributed by atoms with Gasteiger partial charge in [0.2, 0.25) is 5.91 Å². The number of halogens is 1. The van der Waals surface area contributed by atoms with Gasteiger partial charge in [0.1, 0.15) is 10.7 Å². The second-order valence-electron chi connectivity index (χ2n) is 6.92. The van der Waals surface area contributed by atoms with E-state index in [-0.39, 0.29) is 23.1 Å². The Morgan fingerprint density at radius 3 is 2.54 bits per heavy atom. The van der Waals surface area contributed by atoms with Crippen LogP contribution in [0.1, 0.15) is 35.7 Å². The normalized spacial score (nSPS) is 11.0. The molecule has 6 heteroatoms. The molecule has 4 nitrogen and oxygen atoms in total. The molecule has 3 rings (SSSR count). The molecule has 28 heavy (non-hydrogen) atoms. The number of phenolic OH excluding ortho intramolecular Hbond substituents is 1. The van der Waals surface area contributed by atoms with E-state index in [9.17, 15) is 9.90 Å². The first-order valence-corrected chi connectivity index (χ1v) is 10.0. The lowest BCUT2D eigenvalue weighted by Crippen LogP contribution is -2.26. The minimum atomic E-state index is -0.0558. The number of aromatic nitrogens is 1. The van der Waals surface area contributed by atoms with Crippen molar-refractivity contribution in [1.29, 1.82) is 0 Å². The first-order valence-electron chi connectivity index (χ1n) is 9.24. The number of aryl methyl sites for hydroxylation is 1. The van der Waals surface area contributed by atoms with E-state index in [1.807, 2.05) is 49.6 Å². The van der Waals surface area contributed by atoms with Gasteiger partial charge in [0, 0.05) is 23.2 Å². The molecule has 3 aromatic rings. The maximum absolute atomic E-state index is 12.4. The van der Waals surface area contributed by atoms with Crippen molar-refractivity contribution in [2.45, 2.75) is 33.6 Å². The Balaban J connectivity index is 2.15. The van der Waals surface area contributed by atoms with E-state index in [0.717, 1.165) is 39.7 Å². The van der Waals surface area contributed by atoms with Crippen molar-refractivity contribution in [2.24, 2.45) is 0 Å². The van der Waals surface area contributed by atoms with Gasteiger partial charge in [-0.25, -0.2) is 0 Å². The summed E-state index contributed by atoms with van der Waals surface area (Å²) in [6.07, 6.45) is 1.09. The van der Waals surface area contributed by atoms with Gasteiger partial charge in [-0.1, -0.05) is 60.6 Å². The molecule has 1 amide bonds. The summed E-state index contributed by atoms with van der Waals surface area (Å²) in [5, 5.41) is 14.1. The smallest absolute Gasteiger partial charge is 0.224 e. The third-order valence-corrected chi connectivity index (χ3v) is 5.54. The topological polar surface area (TPSA) is 54.3 Å². The number of aromatic hydroxyl groups is 1. The second kappa shape index (κ2) is 8.33. The van der Waals surface area contributed by atoms with Crippen LogP contribution in [0.4, 0.5) is 0 Å². The van der Waals surface area contributed by atoms with Crippen molar-refractivity contribution in [3.05, 3.63) is 63.8 Å². The van der Waals surface area contributed by atoms with Crippen LogP contribution in [0, 0.1) is 13.8 Å². The fourth-order valence-corrected chi connectivity index (χ4v) is 3.82. The van der Waals surface area contributed by atoms with Gasteiger partial charge in [0.15, 0.2) is 0 Å². The Bertz CT molecular complexity index is 1050. The summed E-state index contributed by atoms with van der Waals surface area (Å²) >= 11 is 12.0. The van der Waals surface area contributed by atoms with E-state index in [0.29, 0.717) is 11.5 Å². The lowest BCUT2D eigenvalue weighted by Gasteiger charge is -2.11. The molecule has 0 aliphatic carbocycles. The van der Waals surface area contributed by atoms with Crippen molar-refractivity contribution in [3.8, 4) is 5.75 Å². The number of amides is 1. The monoisotopic (exact) mass is 414 g/mol. The third kappa shape index (κ3) is 3.91. The molecule has 146 valence electrons. The van der Waals surface area contributed by atoms with Crippen LogP contribution in [0.25, 0.3) is 10.9 Å². The van der Waals surface area contributed by atoms with Gasteiger partial charge in [-0.2, -0.15) is 0 Å². The number of benzene rings is 2. The summed E-state index contributed by atoms with van der Waals surface area (Å²) in [4.78, 5) is 13.0. The number of nitrogens with one attached hydrogen (secondary N) is 1. The summed E-state index contributed by atoms with van der Waals surface area (Å²) < 4.78 is 1.93. The number of rotatable bonds is 5. The van der Waals surface area contributed by atoms with Crippen molar-refractivity contribution in [1.82, 2.24) is 9.88 Å². The highest BCUT2D eigenvalue weighted by molar-refractivity contribution is 7.80. The molecule has 0 aliphatic rings. The van der Waals surface area contributed by atoms with Crippen LogP contribution in [-0.2, 0) is 11.2 Å². The van der Waals surface area contributed by atoms with E-state index >= 15 is 0 Å². The van der Waals surface area contributed by atoms with Gasteiger partial charge < -0.3 is 15.0 Å². The van der Waals surface area contributed by atoms with Gasteiger partial charge in [0.05, 0.1) is 17.0 Å². The minimum absolute atomic E-state index is 0.0113. The number of phenols is 1. The van der Waals surface area contributed by atoms with Crippen LogP contribution in [0.15, 0.2) is 36.4 Å². The standard InChI is InChI=1S/C22H23ClN2O2S/c1-4-9-24-21(27)11-16-14(3)25(19-12-18(23)20(26)10-17(16)19)22(28)15-7-5-13(2)6-8-15/h5-8,10,12,26H,4,9,11H2,1-3H3,(H,24,27). The molecule has 0 atom stereocenters. The van der Waals surface area contributed by atoms with E-state index in [1.165, 1.54) is 0 Å². The third-order valence-electron chi connectivity index (χ3n) is 4.81. The number of fused-ring (bicyclic) bond motifs is 1. The molecule has 1 aromatic heterocycles. The van der Waals surface area contributed by atoms with Crippen LogP contribution in [-0.4, -0.2) is 27.1 Å².